The van der Waals surface area contributed by atoms with Gasteiger partial charge in [-0.3, -0.25) is 0 Å². The summed E-state index contributed by atoms with van der Waals surface area (Å²) in [7, 11) is 1.58. The van der Waals surface area contributed by atoms with Crippen molar-refractivity contribution in [2.45, 2.75) is 10.8 Å². The Labute approximate surface area is 231 Å². The lowest BCUT2D eigenvalue weighted by atomic mass is 9.84. The second kappa shape index (κ2) is 9.14. The summed E-state index contributed by atoms with van der Waals surface area (Å²) < 4.78 is 19.2. The molecular weight excluding hydrogens is 536 g/mol. The lowest BCUT2D eigenvalue weighted by Crippen LogP contribution is -2.22. The largest absolute Gasteiger partial charge is 0.496 e. The van der Waals surface area contributed by atoms with E-state index in [1.54, 1.807) is 54.0 Å². The van der Waals surface area contributed by atoms with Gasteiger partial charge in [0.2, 0.25) is 5.88 Å². The summed E-state index contributed by atoms with van der Waals surface area (Å²) in [5.41, 5.74) is 2.97. The summed E-state index contributed by atoms with van der Waals surface area (Å²) in [6, 6.07) is 20.6. The van der Waals surface area contributed by atoms with Gasteiger partial charge in [-0.2, -0.15) is 0 Å². The Hall–Kier alpha value is -4.34. The number of aromatic nitrogens is 4. The Morgan fingerprint density at radius 1 is 1.05 bits per heavy atom. The molecule has 0 saturated carbocycles. The van der Waals surface area contributed by atoms with Crippen molar-refractivity contribution in [3.05, 3.63) is 105 Å². The number of nitrogens with zero attached hydrogens (tertiary/aromatic N) is 4. The van der Waals surface area contributed by atoms with Crippen LogP contribution in [-0.2, 0) is 0 Å². The van der Waals surface area contributed by atoms with Crippen LogP contribution in [0.5, 0.6) is 17.4 Å². The van der Waals surface area contributed by atoms with Crippen LogP contribution in [0.2, 0.25) is 5.02 Å². The minimum atomic E-state index is -0.560. The smallest absolute Gasteiger partial charge is 0.344 e. The number of fused-ring (bicyclic) bond motifs is 6. The Balaban J connectivity index is 1.53. The van der Waals surface area contributed by atoms with Crippen LogP contribution in [-0.4, -0.2) is 32.9 Å². The van der Waals surface area contributed by atoms with Crippen molar-refractivity contribution in [2.75, 3.05) is 13.4 Å². The van der Waals surface area contributed by atoms with Gasteiger partial charge >= 0.3 is 5.63 Å². The molecule has 10 heteroatoms. The number of hydrogen-bond donors (Lipinski definition) is 0. The van der Waals surface area contributed by atoms with E-state index in [-0.39, 0.29) is 0 Å². The van der Waals surface area contributed by atoms with E-state index >= 15 is 0 Å². The Kier molecular flexibility index (Phi) is 5.57. The summed E-state index contributed by atoms with van der Waals surface area (Å²) in [4.78, 5) is 24.1. The van der Waals surface area contributed by atoms with Crippen molar-refractivity contribution in [1.29, 1.82) is 0 Å². The van der Waals surface area contributed by atoms with Gasteiger partial charge in [-0.05, 0) is 54.3 Å². The van der Waals surface area contributed by atoms with Crippen molar-refractivity contribution in [2.24, 2.45) is 0 Å². The van der Waals surface area contributed by atoms with Gasteiger partial charge in [0.25, 0.3) is 0 Å². The van der Waals surface area contributed by atoms with E-state index in [1.165, 1.54) is 0 Å². The molecule has 8 nitrogen and oxygen atoms in total. The third-order valence-electron chi connectivity index (χ3n) is 6.81. The highest BCUT2D eigenvalue weighted by molar-refractivity contribution is 7.98. The highest BCUT2D eigenvalue weighted by Gasteiger charge is 2.37. The number of thioether (sulfide) groups is 1. The van der Waals surface area contributed by atoms with Crippen LogP contribution in [0.1, 0.15) is 22.6 Å². The third kappa shape index (κ3) is 3.77. The molecule has 0 fully saturated rings. The Morgan fingerprint density at radius 3 is 2.67 bits per heavy atom. The van der Waals surface area contributed by atoms with Gasteiger partial charge < -0.3 is 13.9 Å². The average Bonchev–Trinajstić information content (AvgIpc) is 3.41. The quantitative estimate of drug-likeness (QED) is 0.178. The fourth-order valence-corrected chi connectivity index (χ4v) is 5.61. The molecule has 192 valence electrons. The fourth-order valence-electron chi connectivity index (χ4n) is 5.03. The molecule has 0 radical (unpaired) electrons. The molecule has 0 N–H and O–H groups in total. The zero-order chi connectivity index (χ0) is 26.7. The van der Waals surface area contributed by atoms with Crippen LogP contribution in [0, 0.1) is 0 Å². The number of methoxy groups -OCH3 is 1. The van der Waals surface area contributed by atoms with E-state index in [0.29, 0.717) is 61.5 Å². The van der Waals surface area contributed by atoms with Crippen LogP contribution >= 0.6 is 23.4 Å². The maximum atomic E-state index is 13.5. The van der Waals surface area contributed by atoms with Gasteiger partial charge in [-0.1, -0.05) is 35.9 Å². The molecule has 7 rings (SSSR count). The molecule has 3 aromatic carbocycles. The van der Waals surface area contributed by atoms with Gasteiger partial charge in [0.1, 0.15) is 17.7 Å². The first kappa shape index (κ1) is 23.8. The first-order chi connectivity index (χ1) is 19.1. The average molecular weight is 555 g/mol. The Morgan fingerprint density at radius 2 is 1.87 bits per heavy atom. The summed E-state index contributed by atoms with van der Waals surface area (Å²) in [6.45, 7) is 0. The molecule has 1 aliphatic heterocycles. The van der Waals surface area contributed by atoms with Gasteiger partial charge in [-0.15, -0.1) is 16.9 Å². The SMILES string of the molecule is COc1ccc(Cl)cc1-c1nc2c3c(ncn2n1)Oc1c(c(=O)oc2ccccc12)C3c1ccc(SC)cc1. The maximum absolute atomic E-state index is 13.5. The van der Waals surface area contributed by atoms with E-state index in [9.17, 15) is 4.79 Å². The first-order valence-electron chi connectivity index (χ1n) is 12.0. The normalized spacial score (nSPS) is 14.2. The van der Waals surface area contributed by atoms with E-state index in [2.05, 4.69) is 10.1 Å². The molecule has 0 spiro atoms. The van der Waals surface area contributed by atoms with Gasteiger partial charge in [0.15, 0.2) is 17.2 Å². The zero-order valence-electron chi connectivity index (χ0n) is 20.7. The van der Waals surface area contributed by atoms with Crippen molar-refractivity contribution < 1.29 is 13.9 Å². The number of hydrogen-bond acceptors (Lipinski definition) is 8. The molecule has 6 aromatic rings. The zero-order valence-corrected chi connectivity index (χ0v) is 22.3. The van der Waals surface area contributed by atoms with Crippen molar-refractivity contribution in [1.82, 2.24) is 19.6 Å². The number of rotatable bonds is 4. The summed E-state index contributed by atoms with van der Waals surface area (Å²) in [5, 5.41) is 5.89. The molecule has 0 saturated heterocycles. The standard InChI is InChI=1S/C29H19ClN4O4S/c1-36-20-12-9-16(30)13-19(20)26-32-27-24-22(15-7-10-17(39-2)11-8-15)23-25(38-28(24)31-14-34(27)33-26)18-5-3-4-6-21(18)37-29(23)35/h3-14,22H,1-2H3. The number of benzene rings is 3. The first-order valence-corrected chi connectivity index (χ1v) is 13.6. The molecule has 4 heterocycles. The molecule has 0 aliphatic carbocycles. The number of halogens is 1. The predicted octanol–water partition coefficient (Wildman–Crippen LogP) is 6.57. The lowest BCUT2D eigenvalue weighted by Gasteiger charge is -2.27. The topological polar surface area (TPSA) is 91.8 Å². The van der Waals surface area contributed by atoms with E-state index < -0.39 is 11.5 Å². The second-order valence-corrected chi connectivity index (χ2v) is 10.3. The van der Waals surface area contributed by atoms with Gasteiger partial charge in [-0.25, -0.2) is 19.3 Å². The lowest BCUT2D eigenvalue weighted by molar-refractivity contribution is 0.416. The molecule has 1 unspecified atom stereocenters. The van der Waals surface area contributed by atoms with Crippen molar-refractivity contribution in [3.8, 4) is 28.8 Å². The molecule has 0 amide bonds. The van der Waals surface area contributed by atoms with Gasteiger partial charge in [0.05, 0.1) is 35.1 Å². The van der Waals surface area contributed by atoms with Gasteiger partial charge in [0, 0.05) is 9.92 Å². The minimum absolute atomic E-state index is 0.349. The molecule has 3 aromatic heterocycles. The Bertz CT molecular complexity index is 1970. The van der Waals surface area contributed by atoms with Crippen LogP contribution in [0.3, 0.4) is 0 Å². The number of para-hydroxylation sites is 1. The van der Waals surface area contributed by atoms with Crippen LogP contribution in [0.15, 0.2) is 87.2 Å². The molecule has 0 bridgehead atoms. The predicted molar refractivity (Wildman–Crippen MR) is 150 cm³/mol. The molecule has 1 aliphatic rings. The van der Waals surface area contributed by atoms with E-state index in [4.69, 9.17) is 30.5 Å². The highest BCUT2D eigenvalue weighted by Crippen LogP contribution is 2.49. The second-order valence-electron chi connectivity index (χ2n) is 8.95. The minimum Gasteiger partial charge on any atom is -0.496 e. The molecule has 1 atom stereocenters. The van der Waals surface area contributed by atoms with Crippen molar-refractivity contribution >= 4 is 40.0 Å². The number of ether oxygens (including phenoxy) is 2. The highest BCUT2D eigenvalue weighted by atomic mass is 35.5. The monoisotopic (exact) mass is 554 g/mol. The summed E-state index contributed by atoms with van der Waals surface area (Å²) in [6.07, 6.45) is 3.57. The molecular formula is C29H19ClN4O4S. The summed E-state index contributed by atoms with van der Waals surface area (Å²) in [5.74, 6) is 1.20. The molecule has 39 heavy (non-hydrogen) atoms. The van der Waals surface area contributed by atoms with Crippen molar-refractivity contribution in [3.63, 3.8) is 0 Å². The summed E-state index contributed by atoms with van der Waals surface area (Å²) >= 11 is 7.93. The van der Waals surface area contributed by atoms with Crippen LogP contribution in [0.25, 0.3) is 28.0 Å². The fraction of sp³-hybridized carbons (Fsp3) is 0.103. The van der Waals surface area contributed by atoms with E-state index in [1.807, 2.05) is 48.7 Å². The van der Waals surface area contributed by atoms with Crippen LogP contribution in [0.4, 0.5) is 0 Å². The maximum Gasteiger partial charge on any atom is 0.344 e. The third-order valence-corrected chi connectivity index (χ3v) is 7.79. The van der Waals surface area contributed by atoms with E-state index in [0.717, 1.165) is 10.5 Å². The van der Waals surface area contributed by atoms with Crippen LogP contribution < -0.4 is 15.1 Å².